The van der Waals surface area contributed by atoms with E-state index in [1.807, 2.05) is 12.1 Å². The van der Waals surface area contributed by atoms with Crippen LogP contribution in [0.3, 0.4) is 0 Å². The van der Waals surface area contributed by atoms with Crippen LogP contribution in [0.15, 0.2) is 47.1 Å². The maximum absolute atomic E-state index is 12.2. The molecule has 3 rings (SSSR count). The number of halogens is 1. The van der Waals surface area contributed by atoms with Gasteiger partial charge in [-0.05, 0) is 62.3 Å². The third kappa shape index (κ3) is 3.51. The van der Waals surface area contributed by atoms with Crippen molar-refractivity contribution in [3.8, 4) is 0 Å². The lowest BCUT2D eigenvalue weighted by molar-refractivity contribution is 0.0934. The predicted molar refractivity (Wildman–Crippen MR) is 86.0 cm³/mol. The second-order valence-electron chi connectivity index (χ2n) is 5.49. The Morgan fingerprint density at radius 2 is 1.95 bits per heavy atom. The number of nitrogens with zero attached hydrogens (tertiary/aromatic N) is 1. The third-order valence-corrected chi connectivity index (χ3v) is 4.27. The average Bonchev–Trinajstić information content (AvgIpc) is 3.22. The van der Waals surface area contributed by atoms with Crippen molar-refractivity contribution in [2.75, 3.05) is 19.6 Å². The van der Waals surface area contributed by atoms with E-state index in [0.717, 1.165) is 18.8 Å². The Hall–Kier alpha value is -1.78. The SMILES string of the molecule is O=C(NC[C@@H](c1ccco1)N1CCCC1)c1ccc(Cl)cc1. The van der Waals surface area contributed by atoms with Crippen molar-refractivity contribution in [1.29, 1.82) is 0 Å². The van der Waals surface area contributed by atoms with Crippen molar-refractivity contribution >= 4 is 17.5 Å². The van der Waals surface area contributed by atoms with Crippen LogP contribution in [-0.2, 0) is 0 Å². The smallest absolute Gasteiger partial charge is 0.251 e. The highest BCUT2D eigenvalue weighted by Gasteiger charge is 2.25. The number of likely N-dealkylation sites (tertiary alicyclic amines) is 1. The van der Waals surface area contributed by atoms with Gasteiger partial charge in [-0.15, -0.1) is 0 Å². The first-order valence-electron chi connectivity index (χ1n) is 7.55. The molecule has 0 radical (unpaired) electrons. The molecule has 1 aliphatic rings. The summed E-state index contributed by atoms with van der Waals surface area (Å²) in [5, 5.41) is 3.63. The summed E-state index contributed by atoms with van der Waals surface area (Å²) >= 11 is 5.85. The Labute approximate surface area is 135 Å². The van der Waals surface area contributed by atoms with Crippen LogP contribution in [0.25, 0.3) is 0 Å². The molecule has 0 aliphatic carbocycles. The molecule has 22 heavy (non-hydrogen) atoms. The molecule has 0 bridgehead atoms. The molecule has 1 aromatic carbocycles. The minimum atomic E-state index is -0.0904. The van der Waals surface area contributed by atoms with Crippen LogP contribution in [0.1, 0.15) is 35.0 Å². The lowest BCUT2D eigenvalue weighted by Crippen LogP contribution is -2.36. The van der Waals surface area contributed by atoms with Gasteiger partial charge in [-0.2, -0.15) is 0 Å². The minimum Gasteiger partial charge on any atom is -0.468 e. The van der Waals surface area contributed by atoms with Crippen molar-refractivity contribution < 1.29 is 9.21 Å². The van der Waals surface area contributed by atoms with Gasteiger partial charge in [0.05, 0.1) is 12.3 Å². The van der Waals surface area contributed by atoms with Crippen molar-refractivity contribution in [2.45, 2.75) is 18.9 Å². The minimum absolute atomic E-state index is 0.0904. The second-order valence-corrected chi connectivity index (χ2v) is 5.93. The van der Waals surface area contributed by atoms with E-state index in [-0.39, 0.29) is 11.9 Å². The Bertz CT molecular complexity index is 604. The number of carbonyl (C=O) groups excluding carboxylic acids is 1. The zero-order chi connectivity index (χ0) is 15.4. The monoisotopic (exact) mass is 318 g/mol. The van der Waals surface area contributed by atoms with E-state index in [0.29, 0.717) is 17.1 Å². The van der Waals surface area contributed by atoms with Gasteiger partial charge < -0.3 is 9.73 Å². The molecule has 1 aromatic heterocycles. The first-order valence-corrected chi connectivity index (χ1v) is 7.93. The lowest BCUT2D eigenvalue weighted by atomic mass is 10.1. The van der Waals surface area contributed by atoms with Gasteiger partial charge in [0, 0.05) is 17.1 Å². The molecule has 0 unspecified atom stereocenters. The van der Waals surface area contributed by atoms with Crippen molar-refractivity contribution in [3.05, 3.63) is 59.0 Å². The molecule has 4 nitrogen and oxygen atoms in total. The van der Waals surface area contributed by atoms with Gasteiger partial charge in [-0.3, -0.25) is 9.69 Å². The van der Waals surface area contributed by atoms with Gasteiger partial charge >= 0.3 is 0 Å². The Morgan fingerprint density at radius 3 is 2.59 bits per heavy atom. The van der Waals surface area contributed by atoms with Crippen LogP contribution in [0.4, 0.5) is 0 Å². The quantitative estimate of drug-likeness (QED) is 0.917. The number of hydrogen-bond acceptors (Lipinski definition) is 3. The first-order chi connectivity index (χ1) is 10.7. The van der Waals surface area contributed by atoms with E-state index in [4.69, 9.17) is 16.0 Å². The molecule has 1 saturated heterocycles. The van der Waals surface area contributed by atoms with Crippen LogP contribution in [0, 0.1) is 0 Å². The van der Waals surface area contributed by atoms with Gasteiger partial charge in [0.25, 0.3) is 5.91 Å². The summed E-state index contributed by atoms with van der Waals surface area (Å²) in [5.41, 5.74) is 0.615. The van der Waals surface area contributed by atoms with E-state index in [1.165, 1.54) is 12.8 Å². The summed E-state index contributed by atoms with van der Waals surface area (Å²) in [6.07, 6.45) is 4.07. The molecule has 2 heterocycles. The van der Waals surface area contributed by atoms with Crippen LogP contribution >= 0.6 is 11.6 Å². The molecule has 1 N–H and O–H groups in total. The first kappa shape index (κ1) is 15.1. The predicted octanol–water partition coefficient (Wildman–Crippen LogP) is 3.50. The lowest BCUT2D eigenvalue weighted by Gasteiger charge is -2.26. The molecule has 1 aliphatic heterocycles. The van der Waals surface area contributed by atoms with E-state index < -0.39 is 0 Å². The molecule has 1 amide bonds. The van der Waals surface area contributed by atoms with Crippen molar-refractivity contribution in [3.63, 3.8) is 0 Å². The summed E-state index contributed by atoms with van der Waals surface area (Å²) in [5.74, 6) is 0.811. The van der Waals surface area contributed by atoms with Gasteiger partial charge in [0.1, 0.15) is 5.76 Å². The highest BCUT2D eigenvalue weighted by atomic mass is 35.5. The van der Waals surface area contributed by atoms with E-state index >= 15 is 0 Å². The van der Waals surface area contributed by atoms with Crippen LogP contribution < -0.4 is 5.32 Å². The van der Waals surface area contributed by atoms with Crippen molar-refractivity contribution in [1.82, 2.24) is 10.2 Å². The fourth-order valence-electron chi connectivity index (χ4n) is 2.84. The normalized spacial score (nSPS) is 16.6. The maximum Gasteiger partial charge on any atom is 0.251 e. The van der Waals surface area contributed by atoms with E-state index in [2.05, 4.69) is 10.2 Å². The Kier molecular flexibility index (Phi) is 4.80. The fraction of sp³-hybridized carbons (Fsp3) is 0.353. The summed E-state index contributed by atoms with van der Waals surface area (Å²) in [6, 6.07) is 10.9. The number of furan rings is 1. The van der Waals surface area contributed by atoms with Gasteiger partial charge in [-0.25, -0.2) is 0 Å². The number of carbonyl (C=O) groups is 1. The molecule has 1 fully saturated rings. The standard InChI is InChI=1S/C17H19ClN2O2/c18-14-7-5-13(6-8-14)17(21)19-12-15(16-4-3-11-22-16)20-9-1-2-10-20/h3-8,11,15H,1-2,9-10,12H2,(H,19,21)/t15-/m0/s1. The third-order valence-electron chi connectivity index (χ3n) is 4.02. The topological polar surface area (TPSA) is 45.5 Å². The van der Waals surface area contributed by atoms with E-state index in [9.17, 15) is 4.79 Å². The van der Waals surface area contributed by atoms with E-state index in [1.54, 1.807) is 30.5 Å². The average molecular weight is 319 g/mol. The zero-order valence-corrected chi connectivity index (χ0v) is 13.1. The summed E-state index contributed by atoms with van der Waals surface area (Å²) in [6.45, 7) is 2.62. The number of hydrogen-bond donors (Lipinski definition) is 1. The number of benzene rings is 1. The molecular formula is C17H19ClN2O2. The fourth-order valence-corrected chi connectivity index (χ4v) is 2.96. The Balaban J connectivity index is 1.66. The van der Waals surface area contributed by atoms with Crippen LogP contribution in [-0.4, -0.2) is 30.4 Å². The summed E-state index contributed by atoms with van der Waals surface area (Å²) < 4.78 is 5.55. The largest absolute Gasteiger partial charge is 0.468 e. The van der Waals surface area contributed by atoms with Gasteiger partial charge in [0.15, 0.2) is 0 Å². The highest BCUT2D eigenvalue weighted by Crippen LogP contribution is 2.25. The number of nitrogens with one attached hydrogen (secondary N) is 1. The zero-order valence-electron chi connectivity index (χ0n) is 12.3. The van der Waals surface area contributed by atoms with Crippen molar-refractivity contribution in [2.24, 2.45) is 0 Å². The number of amides is 1. The molecule has 5 heteroatoms. The van der Waals surface area contributed by atoms with Gasteiger partial charge in [-0.1, -0.05) is 11.6 Å². The van der Waals surface area contributed by atoms with Crippen LogP contribution in [0.2, 0.25) is 5.02 Å². The number of rotatable bonds is 5. The van der Waals surface area contributed by atoms with Gasteiger partial charge in [0.2, 0.25) is 0 Å². The molecule has 0 saturated carbocycles. The Morgan fingerprint density at radius 1 is 1.23 bits per heavy atom. The molecule has 116 valence electrons. The maximum atomic E-state index is 12.2. The highest BCUT2D eigenvalue weighted by molar-refractivity contribution is 6.30. The molecular weight excluding hydrogens is 300 g/mol. The molecule has 0 spiro atoms. The molecule has 2 aromatic rings. The summed E-state index contributed by atoms with van der Waals surface area (Å²) in [7, 11) is 0. The summed E-state index contributed by atoms with van der Waals surface area (Å²) in [4.78, 5) is 14.6. The van der Waals surface area contributed by atoms with Crippen LogP contribution in [0.5, 0.6) is 0 Å². The molecule has 1 atom stereocenters. The second kappa shape index (κ2) is 6.99.